The maximum Gasteiger partial charge on any atom is 0.338 e. The van der Waals surface area contributed by atoms with Gasteiger partial charge in [-0.1, -0.05) is 36.4 Å². The van der Waals surface area contributed by atoms with Crippen LogP contribution < -0.4 is 4.90 Å². The molecular formula is C22H19N5O3. The number of hydrogen-bond acceptors (Lipinski definition) is 6. The van der Waals surface area contributed by atoms with E-state index in [1.807, 2.05) is 30.3 Å². The zero-order valence-corrected chi connectivity index (χ0v) is 16.1. The number of fused-ring (bicyclic) bond motifs is 1. The minimum atomic E-state index is -1.04. The molecule has 0 atom stereocenters. The van der Waals surface area contributed by atoms with E-state index in [0.717, 1.165) is 40.9 Å². The van der Waals surface area contributed by atoms with Gasteiger partial charge in [-0.3, -0.25) is 0 Å². The Kier molecular flexibility index (Phi) is 4.61. The summed E-state index contributed by atoms with van der Waals surface area (Å²) in [5.74, 6) is 0.0929. The highest BCUT2D eigenvalue weighted by Crippen LogP contribution is 2.30. The highest BCUT2D eigenvalue weighted by molar-refractivity contribution is 5.93. The van der Waals surface area contributed by atoms with Crippen molar-refractivity contribution >= 4 is 22.7 Å². The molecule has 2 aromatic heterocycles. The SMILES string of the molecule is O=C(O)c1cnn(-c2nc(N3CCOCC3)c3cc(-c4ccccc4)ccc3n2)c1. The van der Waals surface area contributed by atoms with Gasteiger partial charge in [-0.2, -0.15) is 10.1 Å². The molecular weight excluding hydrogens is 382 g/mol. The van der Waals surface area contributed by atoms with E-state index in [1.54, 1.807) is 0 Å². The second-order valence-corrected chi connectivity index (χ2v) is 7.02. The van der Waals surface area contributed by atoms with Gasteiger partial charge < -0.3 is 14.7 Å². The Hall–Kier alpha value is -3.78. The van der Waals surface area contributed by atoms with Gasteiger partial charge in [0.1, 0.15) is 5.82 Å². The van der Waals surface area contributed by atoms with Crippen LogP contribution in [-0.4, -0.2) is 57.1 Å². The summed E-state index contributed by atoms with van der Waals surface area (Å²) in [6.07, 6.45) is 2.72. The van der Waals surface area contributed by atoms with E-state index < -0.39 is 5.97 Å². The van der Waals surface area contributed by atoms with Crippen LogP contribution >= 0.6 is 0 Å². The molecule has 2 aromatic carbocycles. The number of morpholine rings is 1. The fourth-order valence-corrected chi connectivity index (χ4v) is 3.57. The Morgan fingerprint density at radius 1 is 1.00 bits per heavy atom. The Morgan fingerprint density at radius 3 is 2.53 bits per heavy atom. The van der Waals surface area contributed by atoms with Gasteiger partial charge in [0.25, 0.3) is 5.95 Å². The molecule has 150 valence electrons. The lowest BCUT2D eigenvalue weighted by molar-refractivity contribution is 0.0697. The van der Waals surface area contributed by atoms with Crippen LogP contribution in [0.15, 0.2) is 60.9 Å². The second kappa shape index (κ2) is 7.57. The van der Waals surface area contributed by atoms with E-state index >= 15 is 0 Å². The Balaban J connectivity index is 1.67. The van der Waals surface area contributed by atoms with E-state index in [9.17, 15) is 9.90 Å². The first kappa shape index (κ1) is 18.3. The smallest absolute Gasteiger partial charge is 0.338 e. The molecule has 3 heterocycles. The average Bonchev–Trinajstić information content (AvgIpc) is 3.30. The molecule has 0 saturated carbocycles. The van der Waals surface area contributed by atoms with Crippen LogP contribution in [0.2, 0.25) is 0 Å². The Bertz CT molecular complexity index is 1220. The molecule has 5 rings (SSSR count). The molecule has 0 spiro atoms. The molecule has 4 aromatic rings. The molecule has 0 amide bonds. The number of anilines is 1. The zero-order valence-electron chi connectivity index (χ0n) is 16.1. The van der Waals surface area contributed by atoms with Gasteiger partial charge in [0.15, 0.2) is 0 Å². The first-order valence-corrected chi connectivity index (χ1v) is 9.67. The van der Waals surface area contributed by atoms with Crippen LogP contribution in [0.5, 0.6) is 0 Å². The second-order valence-electron chi connectivity index (χ2n) is 7.02. The van der Waals surface area contributed by atoms with Crippen LogP contribution in [-0.2, 0) is 4.74 Å². The largest absolute Gasteiger partial charge is 0.478 e. The summed E-state index contributed by atoms with van der Waals surface area (Å²) in [6, 6.07) is 16.3. The van der Waals surface area contributed by atoms with E-state index in [0.29, 0.717) is 19.2 Å². The fourth-order valence-electron chi connectivity index (χ4n) is 3.57. The average molecular weight is 401 g/mol. The number of aromatic carboxylic acids is 1. The van der Waals surface area contributed by atoms with E-state index in [2.05, 4.69) is 33.2 Å². The van der Waals surface area contributed by atoms with Crippen molar-refractivity contribution in [3.05, 3.63) is 66.5 Å². The summed E-state index contributed by atoms with van der Waals surface area (Å²) in [7, 11) is 0. The van der Waals surface area contributed by atoms with Gasteiger partial charge in [-0.15, -0.1) is 0 Å². The normalized spacial score (nSPS) is 14.2. The quantitative estimate of drug-likeness (QED) is 0.562. The highest BCUT2D eigenvalue weighted by atomic mass is 16.5. The predicted octanol–water partition coefficient (Wildman–Crippen LogP) is 3.02. The van der Waals surface area contributed by atoms with Crippen molar-refractivity contribution in [2.24, 2.45) is 0 Å². The summed E-state index contributed by atoms with van der Waals surface area (Å²) < 4.78 is 6.90. The maximum absolute atomic E-state index is 11.2. The van der Waals surface area contributed by atoms with Gasteiger partial charge in [0.2, 0.25) is 0 Å². The number of carbonyl (C=O) groups is 1. The third-order valence-corrected chi connectivity index (χ3v) is 5.12. The molecule has 0 bridgehead atoms. The summed E-state index contributed by atoms with van der Waals surface area (Å²) in [4.78, 5) is 22.8. The minimum Gasteiger partial charge on any atom is -0.478 e. The number of carboxylic acids is 1. The number of hydrogen-bond donors (Lipinski definition) is 1. The van der Waals surface area contributed by atoms with Crippen LogP contribution in [0.1, 0.15) is 10.4 Å². The molecule has 1 N–H and O–H groups in total. The van der Waals surface area contributed by atoms with Crippen LogP contribution in [0.25, 0.3) is 28.0 Å². The van der Waals surface area contributed by atoms with Gasteiger partial charge in [0, 0.05) is 24.7 Å². The third kappa shape index (κ3) is 3.37. The predicted molar refractivity (Wildman–Crippen MR) is 112 cm³/mol. The molecule has 8 heteroatoms. The van der Waals surface area contributed by atoms with E-state index in [1.165, 1.54) is 17.1 Å². The van der Waals surface area contributed by atoms with Crippen LogP contribution in [0.4, 0.5) is 5.82 Å². The molecule has 30 heavy (non-hydrogen) atoms. The molecule has 0 unspecified atom stereocenters. The lowest BCUT2D eigenvalue weighted by Crippen LogP contribution is -2.37. The third-order valence-electron chi connectivity index (χ3n) is 5.12. The molecule has 1 aliphatic rings. The summed E-state index contributed by atoms with van der Waals surface area (Å²) in [5.41, 5.74) is 3.07. The van der Waals surface area contributed by atoms with Crippen LogP contribution in [0.3, 0.4) is 0 Å². The summed E-state index contributed by atoms with van der Waals surface area (Å²) in [5, 5.41) is 14.3. The topological polar surface area (TPSA) is 93.4 Å². The first-order valence-electron chi connectivity index (χ1n) is 9.67. The van der Waals surface area contributed by atoms with E-state index in [-0.39, 0.29) is 5.56 Å². The number of ether oxygens (including phenoxy) is 1. The summed E-state index contributed by atoms with van der Waals surface area (Å²) in [6.45, 7) is 2.70. The molecule has 8 nitrogen and oxygen atoms in total. The van der Waals surface area contributed by atoms with E-state index in [4.69, 9.17) is 9.72 Å². The zero-order chi connectivity index (χ0) is 20.5. The van der Waals surface area contributed by atoms with Gasteiger partial charge in [-0.05, 0) is 23.3 Å². The fraction of sp³-hybridized carbons (Fsp3) is 0.182. The molecule has 1 fully saturated rings. The lowest BCUT2D eigenvalue weighted by Gasteiger charge is -2.29. The van der Waals surface area contributed by atoms with Crippen molar-refractivity contribution in [1.82, 2.24) is 19.7 Å². The van der Waals surface area contributed by atoms with Crippen molar-refractivity contribution in [1.29, 1.82) is 0 Å². The lowest BCUT2D eigenvalue weighted by atomic mass is 10.0. The molecule has 0 radical (unpaired) electrons. The minimum absolute atomic E-state index is 0.0889. The number of aromatic nitrogens is 4. The number of nitrogens with zero attached hydrogens (tertiary/aromatic N) is 5. The molecule has 0 aliphatic carbocycles. The van der Waals surface area contributed by atoms with Crippen molar-refractivity contribution in [2.75, 3.05) is 31.2 Å². The van der Waals surface area contributed by atoms with Crippen LogP contribution in [0, 0.1) is 0 Å². The Labute approximate surface area is 172 Å². The van der Waals surface area contributed by atoms with Crippen molar-refractivity contribution < 1.29 is 14.6 Å². The molecule has 1 saturated heterocycles. The van der Waals surface area contributed by atoms with Crippen molar-refractivity contribution in [2.45, 2.75) is 0 Å². The summed E-state index contributed by atoms with van der Waals surface area (Å²) >= 11 is 0. The number of benzene rings is 2. The van der Waals surface area contributed by atoms with Gasteiger partial charge in [-0.25, -0.2) is 14.5 Å². The Morgan fingerprint density at radius 2 is 1.80 bits per heavy atom. The monoisotopic (exact) mass is 401 g/mol. The number of carboxylic acid groups (broad SMARTS) is 1. The van der Waals surface area contributed by atoms with Crippen molar-refractivity contribution in [3.8, 4) is 17.1 Å². The first-order chi connectivity index (χ1) is 14.7. The van der Waals surface area contributed by atoms with Crippen molar-refractivity contribution in [3.63, 3.8) is 0 Å². The number of rotatable bonds is 4. The maximum atomic E-state index is 11.2. The van der Waals surface area contributed by atoms with Gasteiger partial charge >= 0.3 is 5.97 Å². The highest BCUT2D eigenvalue weighted by Gasteiger charge is 2.19. The molecule has 1 aliphatic heterocycles. The standard InChI is InChI=1S/C22H19N5O3/c28-21(29)17-13-23-27(14-17)22-24-19-7-6-16(15-4-2-1-3-5-15)12-18(19)20(25-22)26-8-10-30-11-9-26/h1-7,12-14H,8-11H2,(H,28,29). The van der Waals surface area contributed by atoms with Gasteiger partial charge in [0.05, 0.1) is 30.5 Å².